The first-order valence-electron chi connectivity index (χ1n) is 6.90. The Labute approximate surface area is 123 Å². The average Bonchev–Trinajstić information content (AvgIpc) is 2.47. The van der Waals surface area contributed by atoms with E-state index in [0.717, 1.165) is 11.1 Å². The Morgan fingerprint density at radius 3 is 2.43 bits per heavy atom. The molecule has 112 valence electrons. The van der Waals surface area contributed by atoms with Gasteiger partial charge in [0.1, 0.15) is 5.54 Å². The lowest BCUT2D eigenvalue weighted by Gasteiger charge is -2.33. The molecule has 0 atom stereocenters. The molecule has 21 heavy (non-hydrogen) atoms. The van der Waals surface area contributed by atoms with E-state index in [1.165, 1.54) is 6.08 Å². The van der Waals surface area contributed by atoms with Crippen molar-refractivity contribution >= 4 is 18.0 Å². The van der Waals surface area contributed by atoms with Gasteiger partial charge in [-0.15, -0.1) is 0 Å². The van der Waals surface area contributed by atoms with Crippen molar-refractivity contribution in [3.05, 3.63) is 41.5 Å². The maximum absolute atomic E-state index is 12.0. The molecule has 0 unspecified atom stereocenters. The lowest BCUT2D eigenvalue weighted by Crippen LogP contribution is -2.57. The van der Waals surface area contributed by atoms with Crippen LogP contribution >= 0.6 is 0 Å². The molecule has 2 N–H and O–H groups in total. The SMILES string of the molecule is Cc1ccc(/C=C/C(=O)NC2(C(=O)O)CCOCC2)cc1. The number of amides is 1. The van der Waals surface area contributed by atoms with Crippen LogP contribution in [0.15, 0.2) is 30.3 Å². The molecule has 1 amide bonds. The van der Waals surface area contributed by atoms with Crippen molar-refractivity contribution in [2.24, 2.45) is 0 Å². The first-order valence-corrected chi connectivity index (χ1v) is 6.90. The molecule has 0 radical (unpaired) electrons. The molecule has 1 aromatic carbocycles. The number of rotatable bonds is 4. The highest BCUT2D eigenvalue weighted by atomic mass is 16.5. The molecule has 1 aromatic rings. The molecule has 0 bridgehead atoms. The number of carboxylic acids is 1. The summed E-state index contributed by atoms with van der Waals surface area (Å²) in [6.45, 7) is 2.67. The van der Waals surface area contributed by atoms with Crippen molar-refractivity contribution in [1.82, 2.24) is 5.32 Å². The molecular weight excluding hydrogens is 270 g/mol. The Bertz CT molecular complexity index is 542. The number of aliphatic carboxylic acids is 1. The van der Waals surface area contributed by atoms with Crippen LogP contribution < -0.4 is 5.32 Å². The molecule has 2 rings (SSSR count). The van der Waals surface area contributed by atoms with Crippen LogP contribution in [0.5, 0.6) is 0 Å². The number of aryl methyl sites for hydroxylation is 1. The summed E-state index contributed by atoms with van der Waals surface area (Å²) in [4.78, 5) is 23.4. The zero-order valence-electron chi connectivity index (χ0n) is 12.0. The Morgan fingerprint density at radius 1 is 1.24 bits per heavy atom. The summed E-state index contributed by atoms with van der Waals surface area (Å²) in [5.74, 6) is -1.41. The third kappa shape index (κ3) is 3.92. The Morgan fingerprint density at radius 2 is 1.86 bits per heavy atom. The van der Waals surface area contributed by atoms with Crippen LogP contribution in [0.2, 0.25) is 0 Å². The molecule has 0 saturated carbocycles. The zero-order chi connectivity index (χ0) is 15.3. The van der Waals surface area contributed by atoms with E-state index < -0.39 is 17.4 Å². The van der Waals surface area contributed by atoms with Gasteiger partial charge in [-0.05, 0) is 18.6 Å². The molecule has 0 aromatic heterocycles. The molecule has 5 nitrogen and oxygen atoms in total. The second-order valence-electron chi connectivity index (χ2n) is 5.23. The van der Waals surface area contributed by atoms with Crippen LogP contribution in [0.25, 0.3) is 6.08 Å². The van der Waals surface area contributed by atoms with Crippen molar-refractivity contribution in [2.75, 3.05) is 13.2 Å². The lowest BCUT2D eigenvalue weighted by atomic mass is 9.90. The summed E-state index contributed by atoms with van der Waals surface area (Å²) in [5.41, 5.74) is 0.822. The van der Waals surface area contributed by atoms with Gasteiger partial charge in [-0.1, -0.05) is 29.8 Å². The lowest BCUT2D eigenvalue weighted by molar-refractivity contribution is -0.151. The smallest absolute Gasteiger partial charge is 0.329 e. The van der Waals surface area contributed by atoms with E-state index in [0.29, 0.717) is 13.2 Å². The van der Waals surface area contributed by atoms with E-state index in [1.54, 1.807) is 6.08 Å². The number of hydrogen-bond acceptors (Lipinski definition) is 3. The quantitative estimate of drug-likeness (QED) is 0.828. The van der Waals surface area contributed by atoms with Crippen molar-refractivity contribution in [3.8, 4) is 0 Å². The highest BCUT2D eigenvalue weighted by Crippen LogP contribution is 2.21. The number of benzene rings is 1. The van der Waals surface area contributed by atoms with Gasteiger partial charge in [-0.2, -0.15) is 0 Å². The highest BCUT2D eigenvalue weighted by molar-refractivity contribution is 5.95. The van der Waals surface area contributed by atoms with Crippen LogP contribution in [0.4, 0.5) is 0 Å². The summed E-state index contributed by atoms with van der Waals surface area (Å²) >= 11 is 0. The van der Waals surface area contributed by atoms with E-state index in [2.05, 4.69) is 5.32 Å². The fourth-order valence-electron chi connectivity index (χ4n) is 2.24. The van der Waals surface area contributed by atoms with Crippen molar-refractivity contribution in [2.45, 2.75) is 25.3 Å². The zero-order valence-corrected chi connectivity index (χ0v) is 12.0. The summed E-state index contributed by atoms with van der Waals surface area (Å²) in [5, 5.41) is 12.0. The number of nitrogens with one attached hydrogen (secondary N) is 1. The molecular formula is C16H19NO4. The topological polar surface area (TPSA) is 75.6 Å². The fraction of sp³-hybridized carbons (Fsp3) is 0.375. The monoisotopic (exact) mass is 289 g/mol. The van der Waals surface area contributed by atoms with Gasteiger partial charge in [-0.3, -0.25) is 4.79 Å². The minimum absolute atomic E-state index is 0.284. The summed E-state index contributed by atoms with van der Waals surface area (Å²) in [6.07, 6.45) is 3.60. The van der Waals surface area contributed by atoms with Gasteiger partial charge in [0.2, 0.25) is 5.91 Å². The third-order valence-corrected chi connectivity index (χ3v) is 3.62. The molecule has 1 heterocycles. The van der Waals surface area contributed by atoms with Crippen molar-refractivity contribution in [1.29, 1.82) is 0 Å². The Balaban J connectivity index is 2.02. The second kappa shape index (κ2) is 6.54. The van der Waals surface area contributed by atoms with E-state index >= 15 is 0 Å². The minimum Gasteiger partial charge on any atom is -0.480 e. The first-order chi connectivity index (χ1) is 10.0. The molecule has 1 aliphatic rings. The largest absolute Gasteiger partial charge is 0.480 e. The predicted molar refractivity (Wildman–Crippen MR) is 78.8 cm³/mol. The third-order valence-electron chi connectivity index (χ3n) is 3.62. The molecule has 1 fully saturated rings. The van der Waals surface area contributed by atoms with Gasteiger partial charge in [0.15, 0.2) is 0 Å². The Kier molecular flexibility index (Phi) is 4.75. The molecule has 0 aliphatic carbocycles. The van der Waals surface area contributed by atoms with E-state index in [4.69, 9.17) is 4.74 Å². The summed E-state index contributed by atoms with van der Waals surface area (Å²) in [6, 6.07) is 7.71. The van der Waals surface area contributed by atoms with Crippen molar-refractivity contribution < 1.29 is 19.4 Å². The van der Waals surface area contributed by atoms with Crippen LogP contribution in [-0.4, -0.2) is 35.7 Å². The molecule has 0 spiro atoms. The fourth-order valence-corrected chi connectivity index (χ4v) is 2.24. The highest BCUT2D eigenvalue weighted by Gasteiger charge is 2.41. The van der Waals surface area contributed by atoms with E-state index in [1.807, 2.05) is 31.2 Å². The Hall–Kier alpha value is -2.14. The number of carbonyl (C=O) groups is 2. The van der Waals surface area contributed by atoms with Gasteiger partial charge >= 0.3 is 5.97 Å². The minimum atomic E-state index is -1.22. The molecule has 1 aliphatic heterocycles. The standard InChI is InChI=1S/C16H19NO4/c1-12-2-4-13(5-3-12)6-7-14(18)17-16(15(19)20)8-10-21-11-9-16/h2-7H,8-11H2,1H3,(H,17,18)(H,19,20)/b7-6+. The number of ether oxygens (including phenoxy) is 1. The van der Waals surface area contributed by atoms with E-state index in [9.17, 15) is 14.7 Å². The average molecular weight is 289 g/mol. The van der Waals surface area contributed by atoms with E-state index in [-0.39, 0.29) is 12.8 Å². The molecule has 1 saturated heterocycles. The number of hydrogen-bond donors (Lipinski definition) is 2. The maximum Gasteiger partial charge on any atom is 0.329 e. The van der Waals surface area contributed by atoms with Gasteiger partial charge in [0, 0.05) is 32.1 Å². The van der Waals surface area contributed by atoms with Crippen LogP contribution in [-0.2, 0) is 14.3 Å². The number of carboxylic acid groups (broad SMARTS) is 1. The van der Waals surface area contributed by atoms with Crippen LogP contribution in [0.3, 0.4) is 0 Å². The van der Waals surface area contributed by atoms with Crippen LogP contribution in [0.1, 0.15) is 24.0 Å². The predicted octanol–water partition coefficient (Wildman–Crippen LogP) is 1.76. The second-order valence-corrected chi connectivity index (χ2v) is 5.23. The van der Waals surface area contributed by atoms with Gasteiger partial charge < -0.3 is 15.2 Å². The number of carbonyl (C=O) groups excluding carboxylic acids is 1. The van der Waals surface area contributed by atoms with Crippen LogP contribution in [0, 0.1) is 6.92 Å². The van der Waals surface area contributed by atoms with Gasteiger partial charge in [-0.25, -0.2) is 4.79 Å². The maximum atomic E-state index is 12.0. The first kappa shape index (κ1) is 15.3. The molecule has 5 heteroatoms. The normalized spacial score (nSPS) is 17.6. The van der Waals surface area contributed by atoms with Gasteiger partial charge in [0.25, 0.3) is 0 Å². The summed E-state index contributed by atoms with van der Waals surface area (Å²) < 4.78 is 5.16. The van der Waals surface area contributed by atoms with Gasteiger partial charge in [0.05, 0.1) is 0 Å². The summed E-state index contributed by atoms with van der Waals surface area (Å²) in [7, 11) is 0. The van der Waals surface area contributed by atoms with Crippen molar-refractivity contribution in [3.63, 3.8) is 0 Å².